The number of phenolic OH excluding ortho intramolecular Hbond substituents is 1. The number of nitro groups is 2. The van der Waals surface area contributed by atoms with Gasteiger partial charge in [0.2, 0.25) is 5.75 Å². The first-order valence-electron chi connectivity index (χ1n) is 7.55. The maximum atomic E-state index is 11.7. The maximum absolute atomic E-state index is 11.7. The number of aromatic hydroxyl groups is 1. The van der Waals surface area contributed by atoms with Crippen molar-refractivity contribution >= 4 is 35.1 Å². The van der Waals surface area contributed by atoms with Crippen molar-refractivity contribution in [3.8, 4) is 11.5 Å². The molecule has 2 aromatic rings. The number of rotatable bonds is 7. The molecule has 0 fully saturated rings. The number of non-ortho nitro benzene ring substituents is 1. The van der Waals surface area contributed by atoms with Crippen molar-refractivity contribution in [1.29, 1.82) is 0 Å². The number of nitrogens with one attached hydrogen (secondary N) is 1. The number of halogens is 1. The van der Waals surface area contributed by atoms with Crippen LogP contribution < -0.4 is 10.2 Å². The minimum atomic E-state index is -0.972. The van der Waals surface area contributed by atoms with Gasteiger partial charge in [0.15, 0.2) is 6.61 Å². The number of aryl methyl sites for hydroxylation is 1. The molecule has 2 aromatic carbocycles. The molecular weight excluding hydrogens is 396 g/mol. The van der Waals surface area contributed by atoms with Crippen LogP contribution in [-0.2, 0) is 4.79 Å². The van der Waals surface area contributed by atoms with Gasteiger partial charge in [-0.3, -0.25) is 25.0 Å². The topological polar surface area (TPSA) is 157 Å². The number of carbonyl (C=O) groups excluding carboxylic acids is 1. The van der Waals surface area contributed by atoms with Crippen molar-refractivity contribution in [2.75, 3.05) is 6.61 Å². The Morgan fingerprint density at radius 2 is 2.00 bits per heavy atom. The van der Waals surface area contributed by atoms with E-state index in [0.29, 0.717) is 16.8 Å². The Kier molecular flexibility index (Phi) is 6.45. The molecule has 0 saturated carbocycles. The van der Waals surface area contributed by atoms with Crippen LogP contribution >= 0.6 is 11.6 Å². The second-order valence-electron chi connectivity index (χ2n) is 5.41. The predicted molar refractivity (Wildman–Crippen MR) is 98.8 cm³/mol. The molecule has 12 heteroatoms. The van der Waals surface area contributed by atoms with Gasteiger partial charge in [-0.1, -0.05) is 11.6 Å². The van der Waals surface area contributed by atoms with Crippen molar-refractivity contribution in [3.05, 3.63) is 66.7 Å². The average Bonchev–Trinajstić information content (AvgIpc) is 2.63. The number of amides is 1. The Hall–Kier alpha value is -3.73. The van der Waals surface area contributed by atoms with Crippen LogP contribution in [0.5, 0.6) is 11.5 Å². The molecule has 2 rings (SSSR count). The number of carbonyl (C=O) groups is 1. The van der Waals surface area contributed by atoms with Gasteiger partial charge in [-0.2, -0.15) is 5.10 Å². The largest absolute Gasteiger partial charge is 0.502 e. The number of nitrogens with zero attached hydrogens (tertiary/aromatic N) is 3. The predicted octanol–water partition coefficient (Wildman–Crippen LogP) is 2.70. The van der Waals surface area contributed by atoms with Gasteiger partial charge in [0.05, 0.1) is 27.7 Å². The zero-order valence-corrected chi connectivity index (χ0v) is 15.0. The summed E-state index contributed by atoms with van der Waals surface area (Å²) < 4.78 is 5.26. The van der Waals surface area contributed by atoms with Gasteiger partial charge < -0.3 is 9.84 Å². The molecule has 0 unspecified atom stereocenters. The zero-order valence-electron chi connectivity index (χ0n) is 14.3. The smallest absolute Gasteiger partial charge is 0.318 e. The molecule has 0 spiro atoms. The van der Waals surface area contributed by atoms with Crippen molar-refractivity contribution in [1.82, 2.24) is 5.43 Å². The van der Waals surface area contributed by atoms with E-state index in [1.54, 1.807) is 25.1 Å². The molecule has 0 radical (unpaired) electrons. The van der Waals surface area contributed by atoms with Gasteiger partial charge in [0, 0.05) is 11.1 Å². The summed E-state index contributed by atoms with van der Waals surface area (Å²) in [6.45, 7) is 1.38. The first kappa shape index (κ1) is 20.6. The second kappa shape index (κ2) is 8.77. The highest BCUT2D eigenvalue weighted by Gasteiger charge is 2.23. The van der Waals surface area contributed by atoms with Crippen LogP contribution in [0.25, 0.3) is 0 Å². The van der Waals surface area contributed by atoms with Gasteiger partial charge in [-0.05, 0) is 30.7 Å². The fourth-order valence-corrected chi connectivity index (χ4v) is 2.15. The molecular formula is C16H13ClN4O7. The standard InChI is InChI=1S/C16H13ClN4O7/c1-9-4-12(2-3-13(9)17)28-8-15(22)19-18-7-10-5-11(20(24)25)6-14(16(10)23)21(26)27/h2-7,23H,8H2,1H3,(H,19,22). The van der Waals surface area contributed by atoms with Crippen molar-refractivity contribution < 1.29 is 24.5 Å². The van der Waals surface area contributed by atoms with Gasteiger partial charge in [0.1, 0.15) is 5.75 Å². The van der Waals surface area contributed by atoms with E-state index in [1.165, 1.54) is 0 Å². The first-order chi connectivity index (χ1) is 13.2. The second-order valence-corrected chi connectivity index (χ2v) is 5.82. The summed E-state index contributed by atoms with van der Waals surface area (Å²) in [6, 6.07) is 6.32. The quantitative estimate of drug-likeness (QED) is 0.405. The number of hydrazone groups is 1. The van der Waals surface area contributed by atoms with E-state index in [2.05, 4.69) is 10.5 Å². The number of ether oxygens (including phenoxy) is 1. The van der Waals surface area contributed by atoms with Gasteiger partial charge in [-0.15, -0.1) is 0 Å². The van der Waals surface area contributed by atoms with Gasteiger partial charge in [-0.25, -0.2) is 5.43 Å². The van der Waals surface area contributed by atoms with E-state index < -0.39 is 32.9 Å². The highest BCUT2D eigenvalue weighted by molar-refractivity contribution is 6.31. The van der Waals surface area contributed by atoms with Crippen molar-refractivity contribution in [2.24, 2.45) is 5.10 Å². The van der Waals surface area contributed by atoms with E-state index in [1.807, 2.05) is 0 Å². The molecule has 11 nitrogen and oxygen atoms in total. The van der Waals surface area contributed by atoms with Gasteiger partial charge >= 0.3 is 5.69 Å². The summed E-state index contributed by atoms with van der Waals surface area (Å²) >= 11 is 5.89. The lowest BCUT2D eigenvalue weighted by atomic mass is 10.1. The number of nitro benzene ring substituents is 2. The van der Waals surface area contributed by atoms with Crippen LogP contribution in [0.2, 0.25) is 5.02 Å². The average molecular weight is 409 g/mol. The molecule has 1 amide bonds. The van der Waals surface area contributed by atoms with Crippen LogP contribution in [0.15, 0.2) is 35.4 Å². The zero-order chi connectivity index (χ0) is 20.8. The summed E-state index contributed by atoms with van der Waals surface area (Å²) in [4.78, 5) is 31.6. The summed E-state index contributed by atoms with van der Waals surface area (Å²) in [7, 11) is 0. The van der Waals surface area contributed by atoms with Crippen molar-refractivity contribution in [2.45, 2.75) is 6.92 Å². The number of benzene rings is 2. The fourth-order valence-electron chi connectivity index (χ4n) is 2.03. The highest BCUT2D eigenvalue weighted by atomic mass is 35.5. The third-order valence-electron chi connectivity index (χ3n) is 3.40. The Labute approximate surface area is 162 Å². The molecule has 0 aliphatic carbocycles. The molecule has 0 heterocycles. The van der Waals surface area contributed by atoms with Crippen LogP contribution in [0, 0.1) is 27.2 Å². The normalized spacial score (nSPS) is 10.6. The lowest BCUT2D eigenvalue weighted by molar-refractivity contribution is -0.394. The first-order valence-corrected chi connectivity index (χ1v) is 7.93. The Morgan fingerprint density at radius 3 is 2.61 bits per heavy atom. The summed E-state index contributed by atoms with van der Waals surface area (Å²) in [6.07, 6.45) is 0.847. The molecule has 146 valence electrons. The van der Waals surface area contributed by atoms with Gasteiger partial charge in [0.25, 0.3) is 11.6 Å². The van der Waals surface area contributed by atoms with E-state index in [-0.39, 0.29) is 12.2 Å². The monoisotopic (exact) mass is 408 g/mol. The Morgan fingerprint density at radius 1 is 1.29 bits per heavy atom. The molecule has 0 aliphatic rings. The minimum absolute atomic E-state index is 0.310. The van der Waals surface area contributed by atoms with Crippen LogP contribution in [0.3, 0.4) is 0 Å². The Balaban J connectivity index is 2.05. The molecule has 2 N–H and O–H groups in total. The van der Waals surface area contributed by atoms with Crippen LogP contribution in [-0.4, -0.2) is 33.7 Å². The fraction of sp³-hybridized carbons (Fsp3) is 0.125. The lowest BCUT2D eigenvalue weighted by Gasteiger charge is -2.06. The maximum Gasteiger partial charge on any atom is 0.318 e. The highest BCUT2D eigenvalue weighted by Crippen LogP contribution is 2.33. The van der Waals surface area contributed by atoms with E-state index >= 15 is 0 Å². The summed E-state index contributed by atoms with van der Waals surface area (Å²) in [5.41, 5.74) is 1.06. The molecule has 0 saturated heterocycles. The Bertz CT molecular complexity index is 978. The number of phenols is 1. The summed E-state index contributed by atoms with van der Waals surface area (Å²) in [5.74, 6) is -1.07. The minimum Gasteiger partial charge on any atom is -0.502 e. The summed E-state index contributed by atoms with van der Waals surface area (Å²) in [5, 5.41) is 35.6. The molecule has 0 bridgehead atoms. The molecule has 0 aromatic heterocycles. The molecule has 0 aliphatic heterocycles. The third-order valence-corrected chi connectivity index (χ3v) is 3.83. The van der Waals surface area contributed by atoms with Crippen LogP contribution in [0.1, 0.15) is 11.1 Å². The lowest BCUT2D eigenvalue weighted by Crippen LogP contribution is -2.24. The number of hydrogen-bond acceptors (Lipinski definition) is 8. The van der Waals surface area contributed by atoms with E-state index in [4.69, 9.17) is 16.3 Å². The van der Waals surface area contributed by atoms with E-state index in [0.717, 1.165) is 17.8 Å². The SMILES string of the molecule is Cc1cc(OCC(=O)NN=Cc2cc([N+](=O)[O-])cc([N+](=O)[O-])c2O)ccc1Cl. The van der Waals surface area contributed by atoms with E-state index in [9.17, 15) is 30.1 Å². The third kappa shape index (κ3) is 5.14. The molecule has 0 atom stereocenters. The van der Waals surface area contributed by atoms with Crippen molar-refractivity contribution in [3.63, 3.8) is 0 Å². The number of hydrogen-bond donors (Lipinski definition) is 2. The molecule has 28 heavy (non-hydrogen) atoms. The van der Waals surface area contributed by atoms with Crippen LogP contribution in [0.4, 0.5) is 11.4 Å².